The van der Waals surface area contributed by atoms with E-state index in [1.165, 1.54) is 16.2 Å². The van der Waals surface area contributed by atoms with Crippen LogP contribution in [0.4, 0.5) is 5.00 Å². The molecule has 0 unspecified atom stereocenters. The van der Waals surface area contributed by atoms with Crippen LogP contribution >= 0.6 is 11.3 Å². The Morgan fingerprint density at radius 2 is 1.93 bits per heavy atom. The summed E-state index contributed by atoms with van der Waals surface area (Å²) in [6.07, 6.45) is 7.45. The maximum Gasteiger partial charge on any atom is 0.267 e. The minimum Gasteiger partial charge on any atom is -0.317 e. The molecule has 148 valence electrons. The molecule has 30 heavy (non-hydrogen) atoms. The van der Waals surface area contributed by atoms with Crippen LogP contribution in [0.2, 0.25) is 0 Å². The average Bonchev–Trinajstić information content (AvgIpc) is 3.36. The summed E-state index contributed by atoms with van der Waals surface area (Å²) in [5.74, 6) is -0.496. The van der Waals surface area contributed by atoms with Crippen LogP contribution in [0.15, 0.2) is 48.2 Å². The van der Waals surface area contributed by atoms with Crippen LogP contribution in [0.25, 0.3) is 11.8 Å². The average molecular weight is 413 g/mol. The molecule has 0 saturated carbocycles. The van der Waals surface area contributed by atoms with Gasteiger partial charge in [-0.2, -0.15) is 10.5 Å². The van der Waals surface area contributed by atoms with Crippen LogP contribution < -0.4 is 5.32 Å². The molecule has 0 saturated heterocycles. The molecule has 2 heterocycles. The van der Waals surface area contributed by atoms with Gasteiger partial charge in [0.1, 0.15) is 22.7 Å². The van der Waals surface area contributed by atoms with E-state index in [0.29, 0.717) is 10.6 Å². The first-order valence-electron chi connectivity index (χ1n) is 9.83. The number of aromatic nitrogens is 1. The summed E-state index contributed by atoms with van der Waals surface area (Å²) in [5.41, 5.74) is 4.44. The third-order valence-corrected chi connectivity index (χ3v) is 6.47. The normalized spacial score (nSPS) is 13.2. The van der Waals surface area contributed by atoms with Gasteiger partial charge in [0.05, 0.1) is 5.56 Å². The molecule has 0 atom stereocenters. The van der Waals surface area contributed by atoms with Gasteiger partial charge in [0, 0.05) is 22.5 Å². The molecule has 4 rings (SSSR count). The summed E-state index contributed by atoms with van der Waals surface area (Å²) < 4.78 is 1.93. The monoisotopic (exact) mass is 412 g/mol. The van der Waals surface area contributed by atoms with Gasteiger partial charge in [-0.25, -0.2) is 0 Å². The van der Waals surface area contributed by atoms with Gasteiger partial charge in [-0.1, -0.05) is 17.7 Å². The summed E-state index contributed by atoms with van der Waals surface area (Å²) in [5, 5.41) is 22.5. The number of anilines is 1. The first-order valence-corrected chi connectivity index (χ1v) is 10.6. The zero-order valence-electron chi connectivity index (χ0n) is 16.6. The number of aryl methyl sites for hydroxylation is 2. The number of hydrogen-bond donors (Lipinski definition) is 1. The van der Waals surface area contributed by atoms with Gasteiger partial charge in [0.15, 0.2) is 0 Å². The summed E-state index contributed by atoms with van der Waals surface area (Å²) in [4.78, 5) is 14.0. The summed E-state index contributed by atoms with van der Waals surface area (Å²) in [6, 6.07) is 16.0. The maximum atomic E-state index is 12.8. The summed E-state index contributed by atoms with van der Waals surface area (Å²) in [7, 11) is 0. The standard InChI is InChI=1S/C24H20N4OS/c1-16-8-10-18(11-9-16)28-12-4-5-19(28)13-17(14-25)23(29)27-24-21(15-26)20-6-2-3-7-22(20)30-24/h4-5,8-13H,2-3,6-7H2,1H3,(H,27,29)/b17-13+. The summed E-state index contributed by atoms with van der Waals surface area (Å²) >= 11 is 1.46. The smallest absolute Gasteiger partial charge is 0.267 e. The molecule has 0 fully saturated rings. The van der Waals surface area contributed by atoms with Crippen molar-refractivity contribution in [1.82, 2.24) is 4.57 Å². The molecule has 0 spiro atoms. The van der Waals surface area contributed by atoms with Gasteiger partial charge in [-0.3, -0.25) is 4.79 Å². The van der Waals surface area contributed by atoms with Gasteiger partial charge in [-0.15, -0.1) is 11.3 Å². The van der Waals surface area contributed by atoms with E-state index in [1.807, 2.05) is 60.2 Å². The third kappa shape index (κ3) is 3.78. The number of nitriles is 2. The fourth-order valence-electron chi connectivity index (χ4n) is 3.69. The fraction of sp³-hybridized carbons (Fsp3) is 0.208. The van der Waals surface area contributed by atoms with Crippen molar-refractivity contribution in [2.75, 3.05) is 5.32 Å². The van der Waals surface area contributed by atoms with Crippen molar-refractivity contribution < 1.29 is 4.79 Å². The number of nitrogens with zero attached hydrogens (tertiary/aromatic N) is 3. The minimum atomic E-state index is -0.496. The molecule has 2 aromatic heterocycles. The molecule has 0 bridgehead atoms. The van der Waals surface area contributed by atoms with Gasteiger partial charge in [0.25, 0.3) is 5.91 Å². The second kappa shape index (κ2) is 8.41. The number of amides is 1. The highest BCUT2D eigenvalue weighted by Gasteiger charge is 2.22. The Labute approximate surface area is 179 Å². The number of carbonyl (C=O) groups excluding carboxylic acids is 1. The molecule has 1 aliphatic rings. The Morgan fingerprint density at radius 1 is 1.17 bits per heavy atom. The van der Waals surface area contributed by atoms with Crippen LogP contribution in [-0.4, -0.2) is 10.5 Å². The molecular formula is C24H20N4OS. The first kappa shape index (κ1) is 19.7. The van der Waals surface area contributed by atoms with Crippen LogP contribution in [0.1, 0.15) is 40.1 Å². The van der Waals surface area contributed by atoms with Crippen LogP contribution in [0.3, 0.4) is 0 Å². The van der Waals surface area contributed by atoms with Gasteiger partial charge in [0.2, 0.25) is 0 Å². The molecule has 6 heteroatoms. The van der Waals surface area contributed by atoms with Gasteiger partial charge in [-0.05, 0) is 68.5 Å². The zero-order valence-corrected chi connectivity index (χ0v) is 17.4. The van der Waals surface area contributed by atoms with Crippen molar-refractivity contribution >= 4 is 28.3 Å². The minimum absolute atomic E-state index is 0.00248. The maximum absolute atomic E-state index is 12.8. The van der Waals surface area contributed by atoms with E-state index in [4.69, 9.17) is 0 Å². The van der Waals surface area contributed by atoms with Crippen molar-refractivity contribution in [2.24, 2.45) is 0 Å². The predicted molar refractivity (Wildman–Crippen MR) is 118 cm³/mol. The van der Waals surface area contributed by atoms with E-state index in [9.17, 15) is 15.3 Å². The van der Waals surface area contributed by atoms with E-state index in [1.54, 1.807) is 6.08 Å². The first-order chi connectivity index (χ1) is 14.6. The number of thiophene rings is 1. The van der Waals surface area contributed by atoms with Crippen LogP contribution in [-0.2, 0) is 17.6 Å². The second-order valence-electron chi connectivity index (χ2n) is 7.29. The summed E-state index contributed by atoms with van der Waals surface area (Å²) in [6.45, 7) is 2.02. The van der Waals surface area contributed by atoms with Crippen LogP contribution in [0, 0.1) is 29.6 Å². The lowest BCUT2D eigenvalue weighted by Crippen LogP contribution is -2.13. The number of fused-ring (bicyclic) bond motifs is 1. The van der Waals surface area contributed by atoms with Crippen LogP contribution in [0.5, 0.6) is 0 Å². The lowest BCUT2D eigenvalue weighted by atomic mass is 9.96. The highest BCUT2D eigenvalue weighted by Crippen LogP contribution is 2.37. The molecule has 0 radical (unpaired) electrons. The number of nitrogens with one attached hydrogen (secondary N) is 1. The van der Waals surface area contributed by atoms with E-state index < -0.39 is 5.91 Å². The molecule has 3 aromatic rings. The Hall–Kier alpha value is -3.61. The third-order valence-electron chi connectivity index (χ3n) is 5.26. The predicted octanol–water partition coefficient (Wildman–Crippen LogP) is 5.14. The SMILES string of the molecule is Cc1ccc(-n2cccc2/C=C(\C#N)C(=O)Nc2sc3c(c2C#N)CCCC3)cc1. The number of rotatable bonds is 4. The Balaban J connectivity index is 1.62. The van der Waals surface area contributed by atoms with Crippen molar-refractivity contribution in [3.05, 3.63) is 75.4 Å². The van der Waals surface area contributed by atoms with Gasteiger partial charge < -0.3 is 9.88 Å². The fourth-order valence-corrected chi connectivity index (χ4v) is 4.93. The van der Waals surface area contributed by atoms with E-state index >= 15 is 0 Å². The van der Waals surface area contributed by atoms with Crippen molar-refractivity contribution in [3.63, 3.8) is 0 Å². The highest BCUT2D eigenvalue weighted by molar-refractivity contribution is 7.16. The van der Waals surface area contributed by atoms with Gasteiger partial charge >= 0.3 is 0 Å². The quantitative estimate of drug-likeness (QED) is 0.476. The zero-order chi connectivity index (χ0) is 21.1. The van der Waals surface area contributed by atoms with Crippen molar-refractivity contribution in [1.29, 1.82) is 10.5 Å². The highest BCUT2D eigenvalue weighted by atomic mass is 32.1. The lowest BCUT2D eigenvalue weighted by Gasteiger charge is -2.09. The Kier molecular flexibility index (Phi) is 5.52. The Morgan fingerprint density at radius 3 is 2.67 bits per heavy atom. The van der Waals surface area contributed by atoms with Crippen molar-refractivity contribution in [2.45, 2.75) is 32.6 Å². The number of carbonyl (C=O) groups is 1. The molecule has 5 nitrogen and oxygen atoms in total. The van der Waals surface area contributed by atoms with Crippen molar-refractivity contribution in [3.8, 4) is 17.8 Å². The van der Waals surface area contributed by atoms with E-state index in [0.717, 1.165) is 48.2 Å². The number of benzene rings is 1. The molecule has 0 aliphatic heterocycles. The molecule has 1 aliphatic carbocycles. The number of hydrogen-bond acceptors (Lipinski definition) is 4. The molecule has 1 aromatic carbocycles. The van der Waals surface area contributed by atoms with E-state index in [-0.39, 0.29) is 5.57 Å². The second-order valence-corrected chi connectivity index (χ2v) is 8.39. The molecular weight excluding hydrogens is 392 g/mol. The largest absolute Gasteiger partial charge is 0.317 e. The molecule has 1 amide bonds. The Bertz CT molecular complexity index is 1220. The topological polar surface area (TPSA) is 81.6 Å². The van der Waals surface area contributed by atoms with E-state index in [2.05, 4.69) is 11.4 Å². The molecule has 1 N–H and O–H groups in total. The lowest BCUT2D eigenvalue weighted by molar-refractivity contribution is -0.112.